The first kappa shape index (κ1) is 24.6. The summed E-state index contributed by atoms with van der Waals surface area (Å²) in [5.41, 5.74) is 0. The molecule has 0 aromatic heterocycles. The van der Waals surface area contributed by atoms with E-state index in [0.29, 0.717) is 8.64 Å². The minimum Gasteiger partial charge on any atom is -0.411 e. The Kier molecular flexibility index (Phi) is 25.4. The molecule has 8 heteroatoms. The predicted octanol–water partition coefficient (Wildman–Crippen LogP) is 0.755. The molecule has 0 unspecified atom stereocenters. The first-order valence-corrected chi connectivity index (χ1v) is 4.69. The van der Waals surface area contributed by atoms with Crippen molar-refractivity contribution in [3.63, 3.8) is 0 Å². The third-order valence-electron chi connectivity index (χ3n) is 0.730. The van der Waals surface area contributed by atoms with E-state index in [1.54, 1.807) is 9.80 Å². The number of hydrogen-bond acceptors (Lipinski definition) is 4. The van der Waals surface area contributed by atoms with E-state index in [0.717, 1.165) is 0 Å². The van der Waals surface area contributed by atoms with Crippen LogP contribution >= 0.6 is 24.4 Å². The minimum absolute atomic E-state index is 0. The van der Waals surface area contributed by atoms with Crippen LogP contribution in [0.25, 0.3) is 0 Å². The molecule has 0 aromatic rings. The smallest absolute Gasteiger partial charge is 0.00456 e. The standard InChI is InChI=1S/2C3H7NS2.2Zn/c2*1-4(2)3(5)6;;/h2*1-2H3,(H,5,6);;/p-2. The van der Waals surface area contributed by atoms with Crippen molar-refractivity contribution in [2.75, 3.05) is 28.2 Å². The predicted molar refractivity (Wildman–Crippen MR) is 67.3 cm³/mol. The molecule has 0 amide bonds. The Morgan fingerprint density at radius 1 is 0.786 bits per heavy atom. The second-order valence-corrected chi connectivity index (χ2v) is 4.38. The molecule has 0 aliphatic carbocycles. The fraction of sp³-hybridized carbons (Fsp3) is 0.667. The Morgan fingerprint density at radius 2 is 0.857 bits per heavy atom. The number of thiocarbonyl (C=S) groups is 2. The number of nitrogens with zero attached hydrogens (tertiary/aromatic N) is 2. The minimum atomic E-state index is 0. The van der Waals surface area contributed by atoms with Gasteiger partial charge < -0.3 is 59.5 Å². The van der Waals surface area contributed by atoms with Gasteiger partial charge >= 0.3 is 0 Å². The number of rotatable bonds is 0. The summed E-state index contributed by atoms with van der Waals surface area (Å²) >= 11 is 18.2. The molecule has 76 valence electrons. The molecule has 0 spiro atoms. The first-order chi connectivity index (χ1) is 5.29. The molecule has 0 saturated carbocycles. The van der Waals surface area contributed by atoms with Crippen LogP contribution in [0.3, 0.4) is 0 Å². The van der Waals surface area contributed by atoms with Crippen LogP contribution in [0.4, 0.5) is 0 Å². The van der Waals surface area contributed by atoms with Gasteiger partial charge in [0.2, 0.25) is 0 Å². The van der Waals surface area contributed by atoms with Crippen molar-refractivity contribution in [3.05, 3.63) is 0 Å². The summed E-state index contributed by atoms with van der Waals surface area (Å²) < 4.78 is 1.02. The summed E-state index contributed by atoms with van der Waals surface area (Å²) in [5.74, 6) is 0. The molecule has 0 radical (unpaired) electrons. The molecule has 0 heterocycles. The summed E-state index contributed by atoms with van der Waals surface area (Å²) in [6.07, 6.45) is 0. The van der Waals surface area contributed by atoms with Gasteiger partial charge in [0.15, 0.2) is 0 Å². The van der Waals surface area contributed by atoms with E-state index >= 15 is 0 Å². The second-order valence-electron chi connectivity index (χ2n) is 2.32. The SMILES string of the molecule is CN(C)C(=S)[S-].CN(C)C(=S)[S-].[Zn].[Zn]. The van der Waals surface area contributed by atoms with Gasteiger partial charge in [-0.15, -0.1) is 0 Å². The topological polar surface area (TPSA) is 6.48 Å². The van der Waals surface area contributed by atoms with E-state index in [-0.39, 0.29) is 39.0 Å². The Bertz CT molecular complexity index is 146. The molecule has 0 bridgehead atoms. The maximum absolute atomic E-state index is 4.56. The van der Waals surface area contributed by atoms with Gasteiger partial charge in [-0.25, -0.2) is 0 Å². The van der Waals surface area contributed by atoms with Gasteiger partial charge in [0.25, 0.3) is 0 Å². The van der Waals surface area contributed by atoms with Crippen molar-refractivity contribution in [2.24, 2.45) is 0 Å². The zero-order valence-corrected chi connectivity index (χ0v) is 18.1. The van der Waals surface area contributed by atoms with Crippen LogP contribution in [0.5, 0.6) is 0 Å². The molecule has 0 N–H and O–H groups in total. The van der Waals surface area contributed by atoms with E-state index in [9.17, 15) is 0 Å². The molecule has 0 atom stereocenters. The van der Waals surface area contributed by atoms with E-state index < -0.39 is 0 Å². The molecule has 2 nitrogen and oxygen atoms in total. The largest absolute Gasteiger partial charge is 0.411 e. The molecule has 0 saturated heterocycles. The van der Waals surface area contributed by atoms with Crippen molar-refractivity contribution in [2.45, 2.75) is 0 Å². The summed E-state index contributed by atoms with van der Waals surface area (Å²) in [6, 6.07) is 0. The van der Waals surface area contributed by atoms with Crippen molar-refractivity contribution >= 4 is 58.3 Å². The summed E-state index contributed by atoms with van der Waals surface area (Å²) in [5, 5.41) is 0. The van der Waals surface area contributed by atoms with E-state index in [2.05, 4.69) is 49.7 Å². The second kappa shape index (κ2) is 14.5. The Labute approximate surface area is 134 Å². The van der Waals surface area contributed by atoms with Crippen LogP contribution in [-0.2, 0) is 64.2 Å². The zero-order valence-electron chi connectivity index (χ0n) is 8.94. The fourth-order valence-corrected chi connectivity index (χ4v) is 0. The van der Waals surface area contributed by atoms with Crippen molar-refractivity contribution in [1.29, 1.82) is 0 Å². The third kappa shape index (κ3) is 23.4. The first-order valence-electron chi connectivity index (χ1n) is 3.05. The normalized spacial score (nSPS) is 6.57. The van der Waals surface area contributed by atoms with Gasteiger partial charge in [-0.3, -0.25) is 0 Å². The third-order valence-corrected chi connectivity index (χ3v) is 2.19. The molecule has 0 aliphatic rings. The average molecular weight is 371 g/mol. The summed E-state index contributed by atoms with van der Waals surface area (Å²) in [7, 11) is 7.31. The quantitative estimate of drug-likeness (QED) is 0.350. The van der Waals surface area contributed by atoms with Gasteiger partial charge in [-0.05, 0) is 0 Å². The van der Waals surface area contributed by atoms with E-state index in [1.807, 2.05) is 28.2 Å². The Hall–Kier alpha value is 1.47. The van der Waals surface area contributed by atoms with Crippen molar-refractivity contribution in [3.8, 4) is 0 Å². The average Bonchev–Trinajstić information content (AvgIpc) is 1.88. The van der Waals surface area contributed by atoms with Crippen molar-refractivity contribution < 1.29 is 39.0 Å². The van der Waals surface area contributed by atoms with Gasteiger partial charge in [0, 0.05) is 67.1 Å². The van der Waals surface area contributed by atoms with Gasteiger partial charge in [0.1, 0.15) is 0 Å². The maximum atomic E-state index is 4.56. The molecule has 0 rings (SSSR count). The Morgan fingerprint density at radius 3 is 0.857 bits per heavy atom. The van der Waals surface area contributed by atoms with Crippen LogP contribution < -0.4 is 0 Å². The van der Waals surface area contributed by atoms with Crippen molar-refractivity contribution in [1.82, 2.24) is 9.80 Å². The zero-order chi connectivity index (χ0) is 10.3. The molecule has 0 aliphatic heterocycles. The van der Waals surface area contributed by atoms with Crippen LogP contribution in [0, 0.1) is 0 Å². The van der Waals surface area contributed by atoms with Crippen LogP contribution in [-0.4, -0.2) is 46.6 Å². The molecule has 0 aromatic carbocycles. The Balaban J connectivity index is -0.0000000625. The molecular formula is C6H12N2S4Zn2-2. The van der Waals surface area contributed by atoms with E-state index in [1.165, 1.54) is 0 Å². The van der Waals surface area contributed by atoms with E-state index in [4.69, 9.17) is 0 Å². The monoisotopic (exact) mass is 368 g/mol. The van der Waals surface area contributed by atoms with Crippen LogP contribution in [0.2, 0.25) is 0 Å². The summed E-state index contributed by atoms with van der Waals surface area (Å²) in [4.78, 5) is 3.43. The summed E-state index contributed by atoms with van der Waals surface area (Å²) in [6.45, 7) is 0. The maximum Gasteiger partial charge on any atom is 0.00456 e. The van der Waals surface area contributed by atoms with Gasteiger partial charge in [0.05, 0.1) is 0 Å². The molecular weight excluding hydrogens is 359 g/mol. The molecule has 0 fully saturated rings. The van der Waals surface area contributed by atoms with Crippen LogP contribution in [0.1, 0.15) is 0 Å². The van der Waals surface area contributed by atoms with Crippen LogP contribution in [0.15, 0.2) is 0 Å². The fourth-order valence-electron chi connectivity index (χ4n) is 0. The van der Waals surface area contributed by atoms with Gasteiger partial charge in [-0.1, -0.05) is 8.64 Å². The molecule has 14 heavy (non-hydrogen) atoms. The van der Waals surface area contributed by atoms with Gasteiger partial charge in [-0.2, -0.15) is 0 Å². The number of hydrogen-bond donors (Lipinski definition) is 0.